The fraction of sp³-hybridized carbons (Fsp3) is 0.471. The van der Waals surface area contributed by atoms with Gasteiger partial charge in [0.1, 0.15) is 0 Å². The molecule has 0 aliphatic carbocycles. The topological polar surface area (TPSA) is 98.1 Å². The lowest BCUT2D eigenvalue weighted by atomic mass is 10.0. The molecule has 1 atom stereocenters. The molecule has 1 N–H and O–H groups in total. The molecule has 0 radical (unpaired) electrons. The third-order valence-corrected chi connectivity index (χ3v) is 6.48. The van der Waals surface area contributed by atoms with Gasteiger partial charge in [-0.15, -0.1) is 0 Å². The number of sulfone groups is 1. The number of carbonyl (C=O) groups is 1. The van der Waals surface area contributed by atoms with Gasteiger partial charge in [0.05, 0.1) is 34.3 Å². The van der Waals surface area contributed by atoms with Crippen LogP contribution in [0.5, 0.6) is 0 Å². The van der Waals surface area contributed by atoms with Gasteiger partial charge in [-0.1, -0.05) is 12.1 Å². The predicted octanol–water partition coefficient (Wildman–Crippen LogP) is 0.788. The Hall–Kier alpha value is -2.22. The minimum atomic E-state index is -3.08. The number of hydrogen-bond donors (Lipinski definition) is 1. The first-order chi connectivity index (χ1) is 11.7. The van der Waals surface area contributed by atoms with Crippen LogP contribution in [0.4, 0.5) is 0 Å². The lowest BCUT2D eigenvalue weighted by Gasteiger charge is -2.23. The highest BCUT2D eigenvalue weighted by atomic mass is 32.2. The number of hydrogen-bond acceptors (Lipinski definition) is 5. The summed E-state index contributed by atoms with van der Waals surface area (Å²) in [6.45, 7) is 3.83. The van der Waals surface area contributed by atoms with E-state index >= 15 is 0 Å². The van der Waals surface area contributed by atoms with Crippen molar-refractivity contribution in [2.24, 2.45) is 0 Å². The summed E-state index contributed by atoms with van der Waals surface area (Å²) in [6.07, 6.45) is 1.96. The van der Waals surface area contributed by atoms with E-state index < -0.39 is 15.4 Å². The number of nitrogens with zero attached hydrogens (tertiary/aromatic N) is 2. The molecule has 1 aromatic carbocycles. The normalized spacial score (nSPS) is 22.2. The lowest BCUT2D eigenvalue weighted by molar-refractivity contribution is -0.122. The molecule has 0 spiro atoms. The number of aryl methyl sites for hydroxylation is 2. The quantitative estimate of drug-likeness (QED) is 0.866. The second-order valence-corrected chi connectivity index (χ2v) is 9.10. The Morgan fingerprint density at radius 1 is 1.40 bits per heavy atom. The number of fused-ring (bicyclic) bond motifs is 1. The highest BCUT2D eigenvalue weighted by Crippen LogP contribution is 2.22. The standard InChI is InChI=1S/C17H21N3O4S/c1-12-4-3-5-13-15(12)18-11-20(16(13)22)8-6-14(21)19-17(2)7-9-25(23,24)10-17/h3-5,11H,6-10H2,1-2H3,(H,19,21). The highest BCUT2D eigenvalue weighted by Gasteiger charge is 2.39. The van der Waals surface area contributed by atoms with Gasteiger partial charge in [-0.25, -0.2) is 13.4 Å². The van der Waals surface area contributed by atoms with Crippen LogP contribution < -0.4 is 10.9 Å². The molecule has 1 aromatic heterocycles. The van der Waals surface area contributed by atoms with E-state index in [9.17, 15) is 18.0 Å². The first kappa shape index (κ1) is 17.6. The fourth-order valence-electron chi connectivity index (χ4n) is 3.23. The van der Waals surface area contributed by atoms with Crippen LogP contribution in [0, 0.1) is 6.92 Å². The van der Waals surface area contributed by atoms with Crippen LogP contribution >= 0.6 is 0 Å². The number of benzene rings is 1. The molecule has 1 aliphatic rings. The summed E-state index contributed by atoms with van der Waals surface area (Å²) in [5.41, 5.74) is 0.683. The van der Waals surface area contributed by atoms with E-state index in [1.165, 1.54) is 10.9 Å². The predicted molar refractivity (Wildman–Crippen MR) is 95.2 cm³/mol. The second-order valence-electron chi connectivity index (χ2n) is 6.92. The van der Waals surface area contributed by atoms with E-state index in [2.05, 4.69) is 10.3 Å². The molecule has 1 saturated heterocycles. The van der Waals surface area contributed by atoms with Gasteiger partial charge in [-0.2, -0.15) is 0 Å². The molecule has 2 aromatic rings. The molecule has 2 heterocycles. The first-order valence-corrected chi connectivity index (χ1v) is 9.97. The summed E-state index contributed by atoms with van der Waals surface area (Å²) in [5.74, 6) is -0.213. The van der Waals surface area contributed by atoms with Crippen molar-refractivity contribution >= 4 is 26.6 Å². The van der Waals surface area contributed by atoms with E-state index in [-0.39, 0.29) is 35.9 Å². The Bertz CT molecular complexity index is 997. The minimum absolute atomic E-state index is 0.0392. The van der Waals surface area contributed by atoms with Gasteiger partial charge in [0.15, 0.2) is 9.84 Å². The zero-order valence-electron chi connectivity index (χ0n) is 14.3. The van der Waals surface area contributed by atoms with Crippen molar-refractivity contribution in [1.29, 1.82) is 0 Å². The van der Waals surface area contributed by atoms with Crippen LogP contribution in [-0.2, 0) is 21.2 Å². The number of aromatic nitrogens is 2. The van der Waals surface area contributed by atoms with Crippen molar-refractivity contribution < 1.29 is 13.2 Å². The Kier molecular flexibility index (Phi) is 4.40. The van der Waals surface area contributed by atoms with E-state index in [1.807, 2.05) is 13.0 Å². The largest absolute Gasteiger partial charge is 0.350 e. The monoisotopic (exact) mass is 363 g/mol. The van der Waals surface area contributed by atoms with E-state index in [1.54, 1.807) is 19.1 Å². The molecule has 0 saturated carbocycles. The van der Waals surface area contributed by atoms with Crippen LogP contribution in [0.25, 0.3) is 10.9 Å². The Labute approximate surface area is 146 Å². The van der Waals surface area contributed by atoms with Crippen LogP contribution in [0.2, 0.25) is 0 Å². The zero-order chi connectivity index (χ0) is 18.2. The fourth-order valence-corrected chi connectivity index (χ4v) is 5.32. The van der Waals surface area contributed by atoms with Crippen LogP contribution in [0.15, 0.2) is 29.3 Å². The van der Waals surface area contributed by atoms with Crippen molar-refractivity contribution in [2.75, 3.05) is 11.5 Å². The summed E-state index contributed by atoms with van der Waals surface area (Å²) in [4.78, 5) is 29.0. The Balaban J connectivity index is 1.70. The molecule has 1 amide bonds. The summed E-state index contributed by atoms with van der Waals surface area (Å²) < 4.78 is 24.6. The van der Waals surface area contributed by atoms with Crippen LogP contribution in [-0.4, -0.2) is 40.9 Å². The average Bonchev–Trinajstić information content (AvgIpc) is 2.80. The molecular weight excluding hydrogens is 342 g/mol. The number of rotatable bonds is 4. The third-order valence-electron chi connectivity index (χ3n) is 4.58. The molecule has 1 fully saturated rings. The number of amides is 1. The van der Waals surface area contributed by atoms with Crippen molar-refractivity contribution in [3.8, 4) is 0 Å². The molecule has 8 heteroatoms. The molecule has 7 nitrogen and oxygen atoms in total. The number of nitrogens with one attached hydrogen (secondary N) is 1. The van der Waals surface area contributed by atoms with Crippen molar-refractivity contribution in [3.63, 3.8) is 0 Å². The zero-order valence-corrected chi connectivity index (χ0v) is 15.1. The Morgan fingerprint density at radius 2 is 2.16 bits per heavy atom. The molecular formula is C17H21N3O4S. The van der Waals surface area contributed by atoms with Crippen molar-refractivity contribution in [3.05, 3.63) is 40.4 Å². The average molecular weight is 363 g/mol. The summed E-state index contributed by atoms with van der Waals surface area (Å²) >= 11 is 0. The van der Waals surface area contributed by atoms with E-state index in [0.29, 0.717) is 17.3 Å². The molecule has 3 rings (SSSR count). The first-order valence-electron chi connectivity index (χ1n) is 8.15. The van der Waals surface area contributed by atoms with Crippen molar-refractivity contribution in [1.82, 2.24) is 14.9 Å². The van der Waals surface area contributed by atoms with Gasteiger partial charge in [0, 0.05) is 13.0 Å². The minimum Gasteiger partial charge on any atom is -0.350 e. The van der Waals surface area contributed by atoms with Gasteiger partial charge in [-0.05, 0) is 31.9 Å². The van der Waals surface area contributed by atoms with Crippen molar-refractivity contribution in [2.45, 2.75) is 38.8 Å². The SMILES string of the molecule is Cc1cccc2c(=O)n(CCC(=O)NC3(C)CCS(=O)(=O)C3)cnc12. The summed E-state index contributed by atoms with van der Waals surface area (Å²) in [5, 5.41) is 3.32. The van der Waals surface area contributed by atoms with Gasteiger partial charge < -0.3 is 5.32 Å². The summed E-state index contributed by atoms with van der Waals surface area (Å²) in [7, 11) is -3.08. The lowest BCUT2D eigenvalue weighted by Crippen LogP contribution is -2.47. The second kappa shape index (κ2) is 6.25. The molecule has 25 heavy (non-hydrogen) atoms. The Morgan fingerprint density at radius 3 is 2.84 bits per heavy atom. The maximum atomic E-state index is 12.5. The maximum absolute atomic E-state index is 12.5. The van der Waals surface area contributed by atoms with E-state index in [0.717, 1.165) is 5.56 Å². The highest BCUT2D eigenvalue weighted by molar-refractivity contribution is 7.91. The number of para-hydroxylation sites is 1. The smallest absolute Gasteiger partial charge is 0.261 e. The van der Waals surface area contributed by atoms with E-state index in [4.69, 9.17) is 0 Å². The summed E-state index contributed by atoms with van der Waals surface area (Å²) in [6, 6.07) is 5.42. The molecule has 0 bridgehead atoms. The molecule has 1 aliphatic heterocycles. The van der Waals surface area contributed by atoms with Crippen LogP contribution in [0.3, 0.4) is 0 Å². The molecule has 1 unspecified atom stereocenters. The van der Waals surface area contributed by atoms with Gasteiger partial charge >= 0.3 is 0 Å². The number of carbonyl (C=O) groups excluding carboxylic acids is 1. The van der Waals surface area contributed by atoms with Gasteiger partial charge in [-0.3, -0.25) is 14.2 Å². The molecule has 134 valence electrons. The van der Waals surface area contributed by atoms with Crippen LogP contribution in [0.1, 0.15) is 25.3 Å². The van der Waals surface area contributed by atoms with Gasteiger partial charge in [0.2, 0.25) is 5.91 Å². The third kappa shape index (κ3) is 3.73. The maximum Gasteiger partial charge on any atom is 0.261 e. The van der Waals surface area contributed by atoms with Gasteiger partial charge in [0.25, 0.3) is 5.56 Å².